The number of benzene rings is 1. The van der Waals surface area contributed by atoms with E-state index in [0.717, 1.165) is 0 Å². The molecule has 0 aliphatic rings. The molecule has 1 aromatic rings. The lowest BCUT2D eigenvalue weighted by molar-refractivity contribution is 0.0832. The van der Waals surface area contributed by atoms with Crippen LogP contribution in [-0.2, 0) is 6.61 Å². The number of halogens is 1. The van der Waals surface area contributed by atoms with Gasteiger partial charge in [-0.15, -0.1) is 0 Å². The summed E-state index contributed by atoms with van der Waals surface area (Å²) in [6.45, 7) is -0.314. The van der Waals surface area contributed by atoms with Gasteiger partial charge in [0.15, 0.2) is 0 Å². The van der Waals surface area contributed by atoms with Crippen LogP contribution in [0.2, 0.25) is 0 Å². The molecule has 0 atom stereocenters. The Labute approximate surface area is 76.5 Å². The quantitative estimate of drug-likeness (QED) is 0.712. The first kappa shape index (κ1) is 11.1. The molecule has 66 valence electrons. The van der Waals surface area contributed by atoms with Crippen LogP contribution in [0.15, 0.2) is 24.3 Å². The molecular formula is C8H9FO2S. The Balaban J connectivity index is 0.00000121. The molecule has 0 aromatic heterocycles. The number of aliphatic hydroxyl groups is 1. The van der Waals surface area contributed by atoms with E-state index >= 15 is 0 Å². The number of carbonyl (C=O) groups is 1. The van der Waals surface area contributed by atoms with Crippen LogP contribution < -0.4 is 0 Å². The summed E-state index contributed by atoms with van der Waals surface area (Å²) in [5.41, 5.74) is 0.259. The van der Waals surface area contributed by atoms with Crippen molar-refractivity contribution in [1.82, 2.24) is 0 Å². The van der Waals surface area contributed by atoms with Crippen molar-refractivity contribution >= 4 is 19.5 Å². The molecule has 4 heteroatoms. The molecule has 0 fully saturated rings. The van der Waals surface area contributed by atoms with Gasteiger partial charge in [-0.1, -0.05) is 18.2 Å². The fourth-order valence-electron chi connectivity index (χ4n) is 0.850. The van der Waals surface area contributed by atoms with Gasteiger partial charge in [0.25, 0.3) is 0 Å². The Hall–Kier alpha value is -0.870. The Morgan fingerprint density at radius 1 is 1.42 bits per heavy atom. The Kier molecular flexibility index (Phi) is 4.54. The van der Waals surface area contributed by atoms with Crippen molar-refractivity contribution in [1.29, 1.82) is 0 Å². The lowest BCUT2D eigenvalue weighted by Gasteiger charge is -1.98. The monoisotopic (exact) mass is 188 g/mol. The molecule has 2 nitrogen and oxygen atoms in total. The molecule has 0 saturated carbocycles. The van der Waals surface area contributed by atoms with Crippen LogP contribution in [0.1, 0.15) is 15.9 Å². The molecule has 0 saturated heterocycles. The van der Waals surface area contributed by atoms with E-state index in [1.165, 1.54) is 12.1 Å². The minimum absolute atomic E-state index is 0. The highest BCUT2D eigenvalue weighted by Crippen LogP contribution is 2.09. The van der Waals surface area contributed by atoms with E-state index in [1.807, 2.05) is 0 Å². The molecule has 0 aliphatic heterocycles. The van der Waals surface area contributed by atoms with E-state index in [9.17, 15) is 9.18 Å². The van der Waals surface area contributed by atoms with Gasteiger partial charge in [-0.05, 0) is 11.6 Å². The maximum absolute atomic E-state index is 12.1. The Bertz CT molecular complexity index is 276. The molecule has 1 aromatic carbocycles. The zero-order valence-electron chi connectivity index (χ0n) is 6.25. The third-order valence-corrected chi connectivity index (χ3v) is 1.40. The number of rotatable bonds is 2. The molecule has 0 spiro atoms. The van der Waals surface area contributed by atoms with Crippen LogP contribution in [0, 0.1) is 0 Å². The number of carbonyl (C=O) groups excluding carboxylic acids is 1. The van der Waals surface area contributed by atoms with Gasteiger partial charge in [-0.3, -0.25) is 4.79 Å². The van der Waals surface area contributed by atoms with Crippen molar-refractivity contribution < 1.29 is 14.3 Å². The highest BCUT2D eigenvalue weighted by molar-refractivity contribution is 7.59. The van der Waals surface area contributed by atoms with Crippen LogP contribution >= 0.6 is 13.5 Å². The lowest BCUT2D eigenvalue weighted by Crippen LogP contribution is -1.96. The van der Waals surface area contributed by atoms with Gasteiger partial charge in [0.1, 0.15) is 0 Å². The van der Waals surface area contributed by atoms with Crippen molar-refractivity contribution in [2.45, 2.75) is 6.61 Å². The third kappa shape index (κ3) is 2.32. The molecule has 0 radical (unpaired) electrons. The van der Waals surface area contributed by atoms with Crippen LogP contribution in [0.3, 0.4) is 0 Å². The summed E-state index contributed by atoms with van der Waals surface area (Å²) in [5, 5.41) is 8.65. The zero-order valence-corrected chi connectivity index (χ0v) is 7.25. The van der Waals surface area contributed by atoms with E-state index in [0.29, 0.717) is 5.56 Å². The van der Waals surface area contributed by atoms with Gasteiger partial charge in [0.2, 0.25) is 0 Å². The molecular weight excluding hydrogens is 179 g/mol. The minimum atomic E-state index is -1.50. The first-order valence-corrected chi connectivity index (χ1v) is 3.14. The van der Waals surface area contributed by atoms with E-state index in [4.69, 9.17) is 5.11 Å². The van der Waals surface area contributed by atoms with Gasteiger partial charge in [0.05, 0.1) is 12.2 Å². The fourth-order valence-corrected chi connectivity index (χ4v) is 0.850. The largest absolute Gasteiger partial charge is 0.392 e. The molecule has 12 heavy (non-hydrogen) atoms. The summed E-state index contributed by atoms with van der Waals surface area (Å²) in [5.74, 6) is 0. The van der Waals surface area contributed by atoms with Gasteiger partial charge in [-0.25, -0.2) is 0 Å². The zero-order chi connectivity index (χ0) is 8.27. The van der Waals surface area contributed by atoms with Crippen molar-refractivity contribution in [3.8, 4) is 0 Å². The predicted octanol–water partition coefficient (Wildman–Crippen LogP) is 1.40. The van der Waals surface area contributed by atoms with E-state index in [1.54, 1.807) is 12.1 Å². The lowest BCUT2D eigenvalue weighted by atomic mass is 10.1. The second kappa shape index (κ2) is 4.90. The summed E-state index contributed by atoms with van der Waals surface area (Å²) in [6.07, 6.45) is 0. The molecule has 0 unspecified atom stereocenters. The maximum atomic E-state index is 12.1. The molecule has 1 rings (SSSR count). The fraction of sp³-hybridized carbons (Fsp3) is 0.125. The van der Waals surface area contributed by atoms with Crippen molar-refractivity contribution in [3.63, 3.8) is 0 Å². The first-order valence-electron chi connectivity index (χ1n) is 3.14. The number of hydrogen-bond acceptors (Lipinski definition) is 2. The highest BCUT2D eigenvalue weighted by Gasteiger charge is 2.07. The summed E-state index contributed by atoms with van der Waals surface area (Å²) in [6, 6.07) is 4.53. The van der Waals surface area contributed by atoms with E-state index in [2.05, 4.69) is 0 Å². The van der Waals surface area contributed by atoms with Gasteiger partial charge < -0.3 is 5.11 Å². The van der Waals surface area contributed by atoms with Gasteiger partial charge in [0, 0.05) is 0 Å². The number of hydrogen-bond donors (Lipinski definition) is 1. The highest BCUT2D eigenvalue weighted by atomic mass is 32.1. The smallest absolute Gasteiger partial charge is 0.332 e. The van der Waals surface area contributed by atoms with Crippen LogP contribution in [0.4, 0.5) is 4.39 Å². The van der Waals surface area contributed by atoms with Crippen LogP contribution in [0.5, 0.6) is 0 Å². The van der Waals surface area contributed by atoms with Crippen LogP contribution in [-0.4, -0.2) is 11.1 Å². The summed E-state index contributed by atoms with van der Waals surface area (Å²) < 4.78 is 12.1. The SMILES string of the molecule is O=C(F)c1ccccc1CO.S. The summed E-state index contributed by atoms with van der Waals surface area (Å²) in [7, 11) is 0. The normalized spacial score (nSPS) is 8.83. The molecule has 0 amide bonds. The van der Waals surface area contributed by atoms with Crippen molar-refractivity contribution in [2.24, 2.45) is 0 Å². The topological polar surface area (TPSA) is 37.3 Å². The maximum Gasteiger partial charge on any atom is 0.332 e. The summed E-state index contributed by atoms with van der Waals surface area (Å²) >= 11 is 0. The average Bonchev–Trinajstić information content (AvgIpc) is 2.04. The van der Waals surface area contributed by atoms with Gasteiger partial charge in [-0.2, -0.15) is 17.9 Å². The third-order valence-electron chi connectivity index (χ3n) is 1.40. The Morgan fingerprint density at radius 2 is 2.00 bits per heavy atom. The summed E-state index contributed by atoms with van der Waals surface area (Å²) in [4.78, 5) is 10.2. The number of aliphatic hydroxyl groups excluding tert-OH is 1. The molecule has 0 bridgehead atoms. The predicted molar refractivity (Wildman–Crippen MR) is 48.2 cm³/mol. The molecule has 0 heterocycles. The standard InChI is InChI=1S/C8H7FO2.H2S/c9-8(11)7-4-2-1-3-6(7)5-10;/h1-4,10H,5H2;1H2. The van der Waals surface area contributed by atoms with Crippen molar-refractivity contribution in [3.05, 3.63) is 35.4 Å². The second-order valence-electron chi connectivity index (χ2n) is 2.09. The van der Waals surface area contributed by atoms with E-state index in [-0.39, 0.29) is 25.7 Å². The van der Waals surface area contributed by atoms with Crippen molar-refractivity contribution in [2.75, 3.05) is 0 Å². The van der Waals surface area contributed by atoms with Crippen LogP contribution in [0.25, 0.3) is 0 Å². The second-order valence-corrected chi connectivity index (χ2v) is 2.09. The molecule has 0 aliphatic carbocycles. The first-order chi connectivity index (χ1) is 5.25. The van der Waals surface area contributed by atoms with Gasteiger partial charge >= 0.3 is 6.04 Å². The molecule has 1 N–H and O–H groups in total. The average molecular weight is 188 g/mol. The van der Waals surface area contributed by atoms with E-state index < -0.39 is 6.04 Å². The Morgan fingerprint density at radius 3 is 2.42 bits per heavy atom. The minimum Gasteiger partial charge on any atom is -0.392 e.